The Kier molecular flexibility index (Phi) is 4.94. The highest BCUT2D eigenvalue weighted by molar-refractivity contribution is 9.10. The zero-order valence-electron chi connectivity index (χ0n) is 9.57. The van der Waals surface area contributed by atoms with Crippen molar-refractivity contribution in [2.24, 2.45) is 5.41 Å². The van der Waals surface area contributed by atoms with E-state index in [1.807, 2.05) is 0 Å². The third-order valence-corrected chi connectivity index (χ3v) is 3.22. The molecule has 0 radical (unpaired) electrons. The lowest BCUT2D eigenvalue weighted by atomic mass is 9.93. The van der Waals surface area contributed by atoms with Gasteiger partial charge in [0, 0.05) is 22.1 Å². The Labute approximate surface area is 109 Å². The maximum absolute atomic E-state index is 9.16. The number of nitriles is 1. The molecule has 0 saturated heterocycles. The summed E-state index contributed by atoms with van der Waals surface area (Å²) in [7, 11) is 0. The molecule has 3 N–H and O–H groups in total. The SMILES string of the molecule is CC(CO)(CO)CNc1ccc(C#N)cc1Br. The average Bonchev–Trinajstić information content (AvgIpc) is 2.36. The minimum absolute atomic E-state index is 0.0929. The second-order valence-corrected chi connectivity index (χ2v) is 5.14. The molecule has 0 aliphatic rings. The lowest BCUT2D eigenvalue weighted by Crippen LogP contribution is -2.34. The summed E-state index contributed by atoms with van der Waals surface area (Å²) in [6, 6.07) is 7.27. The third-order valence-electron chi connectivity index (χ3n) is 2.57. The van der Waals surface area contributed by atoms with Crippen LogP contribution in [0.5, 0.6) is 0 Å². The summed E-state index contributed by atoms with van der Waals surface area (Å²) in [4.78, 5) is 0. The van der Waals surface area contributed by atoms with E-state index in [0.717, 1.165) is 10.2 Å². The monoisotopic (exact) mass is 298 g/mol. The minimum atomic E-state index is -0.562. The maximum atomic E-state index is 9.16. The van der Waals surface area contributed by atoms with Gasteiger partial charge in [0.05, 0.1) is 24.8 Å². The van der Waals surface area contributed by atoms with Crippen LogP contribution in [0.2, 0.25) is 0 Å². The largest absolute Gasteiger partial charge is 0.396 e. The van der Waals surface area contributed by atoms with E-state index in [2.05, 4.69) is 27.3 Å². The van der Waals surface area contributed by atoms with Crippen molar-refractivity contribution in [3.05, 3.63) is 28.2 Å². The number of halogens is 1. The molecule has 1 rings (SSSR count). The van der Waals surface area contributed by atoms with Gasteiger partial charge in [-0.3, -0.25) is 0 Å². The molecule has 0 unspecified atom stereocenters. The highest BCUT2D eigenvalue weighted by atomic mass is 79.9. The van der Waals surface area contributed by atoms with Crippen molar-refractivity contribution >= 4 is 21.6 Å². The summed E-state index contributed by atoms with van der Waals surface area (Å²) in [5.74, 6) is 0. The number of anilines is 1. The Hall–Kier alpha value is -1.09. The molecule has 0 bridgehead atoms. The first-order chi connectivity index (χ1) is 8.04. The summed E-state index contributed by atoms with van der Waals surface area (Å²) in [6.45, 7) is 2.05. The van der Waals surface area contributed by atoms with Gasteiger partial charge < -0.3 is 15.5 Å². The Balaban J connectivity index is 2.74. The van der Waals surface area contributed by atoms with Crippen LogP contribution in [0.4, 0.5) is 5.69 Å². The van der Waals surface area contributed by atoms with Crippen molar-refractivity contribution < 1.29 is 10.2 Å². The highest BCUT2D eigenvalue weighted by Gasteiger charge is 2.22. The van der Waals surface area contributed by atoms with Crippen LogP contribution >= 0.6 is 15.9 Å². The molecule has 0 fully saturated rings. The van der Waals surface area contributed by atoms with Crippen LogP contribution in [0.1, 0.15) is 12.5 Å². The van der Waals surface area contributed by atoms with Crippen LogP contribution in [0.25, 0.3) is 0 Å². The summed E-state index contributed by atoms with van der Waals surface area (Å²) >= 11 is 3.36. The minimum Gasteiger partial charge on any atom is -0.396 e. The van der Waals surface area contributed by atoms with E-state index >= 15 is 0 Å². The van der Waals surface area contributed by atoms with E-state index in [1.165, 1.54) is 0 Å². The second kappa shape index (κ2) is 6.01. The number of hydrogen-bond acceptors (Lipinski definition) is 4. The molecule has 0 aromatic heterocycles. The average molecular weight is 299 g/mol. The number of benzene rings is 1. The van der Waals surface area contributed by atoms with E-state index in [9.17, 15) is 0 Å². The number of nitrogens with one attached hydrogen (secondary N) is 1. The molecular weight excluding hydrogens is 284 g/mol. The predicted octanol–water partition coefficient (Wildman–Crippen LogP) is 1.72. The maximum Gasteiger partial charge on any atom is 0.0992 e. The lowest BCUT2D eigenvalue weighted by Gasteiger charge is -2.25. The lowest BCUT2D eigenvalue weighted by molar-refractivity contribution is 0.0806. The van der Waals surface area contributed by atoms with Gasteiger partial charge >= 0.3 is 0 Å². The van der Waals surface area contributed by atoms with Crippen LogP contribution in [-0.4, -0.2) is 30.0 Å². The zero-order chi connectivity index (χ0) is 12.9. The molecule has 1 aromatic carbocycles. The quantitative estimate of drug-likeness (QED) is 0.774. The molecule has 1 aromatic rings. The molecular formula is C12H15BrN2O2. The molecule has 0 spiro atoms. The Bertz CT molecular complexity index is 425. The molecule has 92 valence electrons. The van der Waals surface area contributed by atoms with Crippen molar-refractivity contribution in [1.29, 1.82) is 5.26 Å². The van der Waals surface area contributed by atoms with Crippen LogP contribution < -0.4 is 5.32 Å². The highest BCUT2D eigenvalue weighted by Crippen LogP contribution is 2.25. The van der Waals surface area contributed by atoms with Crippen LogP contribution in [0, 0.1) is 16.7 Å². The van der Waals surface area contributed by atoms with Gasteiger partial charge in [0.25, 0.3) is 0 Å². The molecule has 0 saturated carbocycles. The van der Waals surface area contributed by atoms with Crippen LogP contribution in [-0.2, 0) is 0 Å². The van der Waals surface area contributed by atoms with Gasteiger partial charge in [-0.15, -0.1) is 0 Å². The van der Waals surface area contributed by atoms with Crippen molar-refractivity contribution in [1.82, 2.24) is 0 Å². The van der Waals surface area contributed by atoms with E-state index < -0.39 is 5.41 Å². The molecule has 5 heteroatoms. The van der Waals surface area contributed by atoms with E-state index in [0.29, 0.717) is 12.1 Å². The van der Waals surface area contributed by atoms with Gasteiger partial charge in [-0.2, -0.15) is 5.26 Å². The Morgan fingerprint density at radius 1 is 1.41 bits per heavy atom. The number of aliphatic hydroxyl groups is 2. The van der Waals surface area contributed by atoms with Gasteiger partial charge in [-0.05, 0) is 34.1 Å². The Morgan fingerprint density at radius 3 is 2.53 bits per heavy atom. The molecule has 0 atom stereocenters. The molecule has 17 heavy (non-hydrogen) atoms. The second-order valence-electron chi connectivity index (χ2n) is 4.29. The normalized spacial score (nSPS) is 11.0. The smallest absolute Gasteiger partial charge is 0.0992 e. The zero-order valence-corrected chi connectivity index (χ0v) is 11.2. The van der Waals surface area contributed by atoms with Gasteiger partial charge in [-0.25, -0.2) is 0 Å². The summed E-state index contributed by atoms with van der Waals surface area (Å²) in [5.41, 5.74) is 0.847. The van der Waals surface area contributed by atoms with Gasteiger partial charge in [0.2, 0.25) is 0 Å². The molecule has 0 amide bonds. The van der Waals surface area contributed by atoms with Crippen LogP contribution in [0.3, 0.4) is 0 Å². The van der Waals surface area contributed by atoms with Gasteiger partial charge in [0.15, 0.2) is 0 Å². The van der Waals surface area contributed by atoms with E-state index in [1.54, 1.807) is 25.1 Å². The summed E-state index contributed by atoms with van der Waals surface area (Å²) in [6.07, 6.45) is 0. The van der Waals surface area contributed by atoms with Gasteiger partial charge in [0.1, 0.15) is 0 Å². The molecule has 4 nitrogen and oxygen atoms in total. The fraction of sp³-hybridized carbons (Fsp3) is 0.417. The first-order valence-electron chi connectivity index (χ1n) is 5.20. The number of nitrogens with zero attached hydrogens (tertiary/aromatic N) is 1. The summed E-state index contributed by atoms with van der Waals surface area (Å²) < 4.78 is 0.787. The Morgan fingerprint density at radius 2 is 2.06 bits per heavy atom. The first kappa shape index (κ1) is 14.0. The van der Waals surface area contributed by atoms with Crippen molar-refractivity contribution in [2.45, 2.75) is 6.92 Å². The number of hydrogen-bond donors (Lipinski definition) is 3. The summed E-state index contributed by atoms with van der Waals surface area (Å²) in [5, 5.41) is 30.2. The fourth-order valence-corrected chi connectivity index (χ4v) is 1.72. The fourth-order valence-electron chi connectivity index (χ4n) is 1.20. The number of rotatable bonds is 5. The van der Waals surface area contributed by atoms with Gasteiger partial charge in [-0.1, -0.05) is 6.92 Å². The van der Waals surface area contributed by atoms with E-state index in [-0.39, 0.29) is 13.2 Å². The van der Waals surface area contributed by atoms with Crippen molar-refractivity contribution in [3.63, 3.8) is 0 Å². The topological polar surface area (TPSA) is 76.3 Å². The third kappa shape index (κ3) is 3.70. The molecule has 0 heterocycles. The van der Waals surface area contributed by atoms with E-state index in [4.69, 9.17) is 15.5 Å². The molecule has 0 aliphatic carbocycles. The predicted molar refractivity (Wildman–Crippen MR) is 69.6 cm³/mol. The first-order valence-corrected chi connectivity index (χ1v) is 5.99. The molecule has 0 aliphatic heterocycles. The standard InChI is InChI=1S/C12H15BrN2O2/c1-12(7-16,8-17)6-15-11-3-2-9(5-14)4-10(11)13/h2-4,15-17H,6-8H2,1H3. The van der Waals surface area contributed by atoms with Crippen molar-refractivity contribution in [2.75, 3.05) is 25.1 Å². The van der Waals surface area contributed by atoms with Crippen LogP contribution in [0.15, 0.2) is 22.7 Å². The number of aliphatic hydroxyl groups excluding tert-OH is 2. The van der Waals surface area contributed by atoms with Crippen molar-refractivity contribution in [3.8, 4) is 6.07 Å².